The Balaban J connectivity index is 0.000000556. The number of piperazine rings is 1. The molecule has 4 N–H and O–H groups in total. The minimum absolute atomic E-state index is 0.0279. The van der Waals surface area contributed by atoms with Crippen LogP contribution in [0.25, 0.3) is 10.8 Å². The molecule has 1 amide bonds. The lowest BCUT2D eigenvalue weighted by Crippen LogP contribution is -2.51. The van der Waals surface area contributed by atoms with Crippen molar-refractivity contribution in [1.82, 2.24) is 10.2 Å². The van der Waals surface area contributed by atoms with E-state index in [2.05, 4.69) is 5.32 Å². The molecule has 3 aromatic rings. The molecule has 2 aromatic carbocycles. The lowest BCUT2D eigenvalue weighted by molar-refractivity contribution is 0.0704. The molecule has 1 saturated heterocycles. The highest BCUT2D eigenvalue weighted by molar-refractivity contribution is 7.85. The molecule has 1 aliphatic carbocycles. The molecule has 0 spiro atoms. The van der Waals surface area contributed by atoms with E-state index in [-0.39, 0.29) is 50.6 Å². The third kappa shape index (κ3) is 4.34. The second kappa shape index (κ2) is 9.04. The number of nitrogens with one attached hydrogen (secondary N) is 1. The first-order chi connectivity index (χ1) is 16.8. The van der Waals surface area contributed by atoms with Gasteiger partial charge in [0.05, 0.1) is 28.5 Å². The minimum atomic E-state index is -3.67. The lowest BCUT2D eigenvalue weighted by Gasteiger charge is -2.32. The number of phenolic OH excluding ortho intramolecular Hbond substituents is 2. The number of benzene rings is 2. The number of aryl methyl sites for hydroxylation is 1. The van der Waals surface area contributed by atoms with E-state index in [4.69, 9.17) is 8.97 Å². The summed E-state index contributed by atoms with van der Waals surface area (Å²) in [6, 6.07) is 6.48. The molecule has 0 radical (unpaired) electrons. The second-order valence-corrected chi connectivity index (χ2v) is 10.2. The van der Waals surface area contributed by atoms with Crippen LogP contribution in [0.5, 0.6) is 11.5 Å². The molecule has 36 heavy (non-hydrogen) atoms. The van der Waals surface area contributed by atoms with Crippen LogP contribution in [0.2, 0.25) is 0 Å². The Hall–Kier alpha value is -3.74. The van der Waals surface area contributed by atoms with Crippen LogP contribution in [0.4, 0.5) is 0 Å². The van der Waals surface area contributed by atoms with Crippen molar-refractivity contribution in [2.45, 2.75) is 19.9 Å². The maximum Gasteiger partial charge on any atom is 0.261 e. The predicted molar refractivity (Wildman–Crippen MR) is 128 cm³/mol. The number of rotatable bonds is 1. The van der Waals surface area contributed by atoms with Crippen LogP contribution < -0.4 is 5.32 Å². The fourth-order valence-corrected chi connectivity index (χ4v) is 4.54. The fourth-order valence-electron chi connectivity index (χ4n) is 4.54. The molecule has 0 bridgehead atoms. The summed E-state index contributed by atoms with van der Waals surface area (Å²) in [4.78, 5) is 41.6. The van der Waals surface area contributed by atoms with Gasteiger partial charge in [0.2, 0.25) is 11.6 Å². The Bertz CT molecular complexity index is 1530. The largest absolute Gasteiger partial charge is 0.506 e. The summed E-state index contributed by atoms with van der Waals surface area (Å²) in [5.41, 5.74) is -0.745. The van der Waals surface area contributed by atoms with E-state index in [0.717, 1.165) is 0 Å². The summed E-state index contributed by atoms with van der Waals surface area (Å²) >= 11 is 0. The van der Waals surface area contributed by atoms with Gasteiger partial charge >= 0.3 is 0 Å². The van der Waals surface area contributed by atoms with Crippen LogP contribution in [0, 0.1) is 6.92 Å². The van der Waals surface area contributed by atoms with E-state index < -0.39 is 39.1 Å². The fraction of sp³-hybridized carbons (Fsp3) is 0.292. The third-order valence-corrected chi connectivity index (χ3v) is 6.00. The summed E-state index contributed by atoms with van der Waals surface area (Å²) in [5, 5.41) is 25.3. The Morgan fingerprint density at radius 1 is 1.06 bits per heavy atom. The van der Waals surface area contributed by atoms with E-state index in [1.807, 2.05) is 6.92 Å². The van der Waals surface area contributed by atoms with Crippen molar-refractivity contribution >= 4 is 38.4 Å². The van der Waals surface area contributed by atoms with E-state index in [9.17, 15) is 33.0 Å². The van der Waals surface area contributed by atoms with Crippen molar-refractivity contribution in [2.24, 2.45) is 0 Å². The van der Waals surface area contributed by atoms with Crippen molar-refractivity contribution < 1.29 is 42.0 Å². The molecule has 1 fully saturated rings. The summed E-state index contributed by atoms with van der Waals surface area (Å²) < 4.78 is 31.5. The number of phenols is 2. The zero-order valence-electron chi connectivity index (χ0n) is 19.7. The number of hydrogen-bond acceptors (Lipinski definition) is 9. The first kappa shape index (κ1) is 25.4. The second-order valence-electron chi connectivity index (χ2n) is 8.73. The molecular weight excluding hydrogens is 492 g/mol. The number of furan rings is 1. The zero-order valence-corrected chi connectivity index (χ0v) is 20.5. The molecule has 2 heterocycles. The highest BCUT2D eigenvalue weighted by Gasteiger charge is 2.43. The Labute approximate surface area is 206 Å². The van der Waals surface area contributed by atoms with E-state index in [1.165, 1.54) is 6.92 Å². The van der Waals surface area contributed by atoms with Gasteiger partial charge in [-0.15, -0.1) is 0 Å². The summed E-state index contributed by atoms with van der Waals surface area (Å²) in [5.74, 6) is -2.79. The molecule has 1 unspecified atom stereocenters. The van der Waals surface area contributed by atoms with Gasteiger partial charge in [-0.1, -0.05) is 24.3 Å². The van der Waals surface area contributed by atoms with Crippen molar-refractivity contribution in [3.05, 3.63) is 58.0 Å². The zero-order chi connectivity index (χ0) is 26.5. The number of nitrogens with zero attached hydrogens (tertiary/aromatic N) is 1. The number of carbonyl (C=O) groups is 3. The van der Waals surface area contributed by atoms with Gasteiger partial charge in [-0.05, 0) is 13.8 Å². The van der Waals surface area contributed by atoms with Gasteiger partial charge < -0.3 is 24.8 Å². The number of hydrogen-bond donors (Lipinski definition) is 4. The standard InChI is InChI=1S/C23H20N2O6.CH4O3S/c1-10-9-25(8-7-24-10)23(30)14-11(2)31-22-17(14)20(28)15-16(21(22)29)19(27)13-6-4-3-5-12(13)18(15)26;1-5(2,3)4/h3-6,10,24,26-27H,7-9H2,1-2H3;1H3,(H,2,3,4). The van der Waals surface area contributed by atoms with Crippen LogP contribution in [0.3, 0.4) is 0 Å². The minimum Gasteiger partial charge on any atom is -0.506 e. The van der Waals surface area contributed by atoms with Gasteiger partial charge in [-0.2, -0.15) is 8.42 Å². The van der Waals surface area contributed by atoms with Crippen LogP contribution in [0.1, 0.15) is 55.1 Å². The summed E-state index contributed by atoms with van der Waals surface area (Å²) in [6.07, 6.45) is 0.715. The van der Waals surface area contributed by atoms with E-state index in [1.54, 1.807) is 29.2 Å². The quantitative estimate of drug-likeness (QED) is 0.216. The van der Waals surface area contributed by atoms with Gasteiger partial charge in [-0.25, -0.2) is 0 Å². The topological polar surface area (TPSA) is 174 Å². The Morgan fingerprint density at radius 3 is 2.11 bits per heavy atom. The Morgan fingerprint density at radius 2 is 1.58 bits per heavy atom. The van der Waals surface area contributed by atoms with E-state index in [0.29, 0.717) is 25.9 Å². The average molecular weight is 517 g/mol. The number of fused-ring (bicyclic) bond motifs is 3. The first-order valence-corrected chi connectivity index (χ1v) is 12.8. The van der Waals surface area contributed by atoms with Crippen LogP contribution >= 0.6 is 0 Å². The van der Waals surface area contributed by atoms with Gasteiger partial charge in [0, 0.05) is 36.4 Å². The maximum atomic E-state index is 13.5. The molecule has 190 valence electrons. The van der Waals surface area contributed by atoms with Gasteiger partial charge in [-0.3, -0.25) is 18.9 Å². The molecule has 1 atom stereocenters. The van der Waals surface area contributed by atoms with Gasteiger partial charge in [0.1, 0.15) is 17.3 Å². The van der Waals surface area contributed by atoms with Crippen molar-refractivity contribution in [3.8, 4) is 11.5 Å². The van der Waals surface area contributed by atoms with Crippen LogP contribution in [0.15, 0.2) is 28.7 Å². The van der Waals surface area contributed by atoms with E-state index >= 15 is 0 Å². The normalized spacial score (nSPS) is 17.3. The van der Waals surface area contributed by atoms with Crippen molar-refractivity contribution in [3.63, 3.8) is 0 Å². The van der Waals surface area contributed by atoms with Crippen LogP contribution in [-0.2, 0) is 10.1 Å². The highest BCUT2D eigenvalue weighted by Crippen LogP contribution is 2.45. The summed E-state index contributed by atoms with van der Waals surface area (Å²) in [6.45, 7) is 5.00. The molecule has 1 aromatic heterocycles. The van der Waals surface area contributed by atoms with Gasteiger partial charge in [0.15, 0.2) is 5.76 Å². The van der Waals surface area contributed by atoms with Crippen molar-refractivity contribution in [2.75, 3.05) is 25.9 Å². The Kier molecular flexibility index (Phi) is 6.37. The lowest BCUT2D eigenvalue weighted by atomic mass is 9.83. The first-order valence-electron chi connectivity index (χ1n) is 11.0. The SMILES string of the molecule is CS(=O)(=O)O.Cc1oc2c(c1C(=O)N1CCNC(C)C1)C(=O)c1c(c(O)c3ccccc3c1O)C2=O. The van der Waals surface area contributed by atoms with Gasteiger partial charge in [0.25, 0.3) is 16.0 Å². The molecule has 11 nitrogen and oxygen atoms in total. The molecule has 12 heteroatoms. The predicted octanol–water partition coefficient (Wildman–Crippen LogP) is 1.87. The number of aromatic hydroxyl groups is 2. The number of carbonyl (C=O) groups excluding carboxylic acids is 3. The average Bonchev–Trinajstić information content (AvgIpc) is 3.16. The third-order valence-electron chi connectivity index (χ3n) is 6.00. The smallest absolute Gasteiger partial charge is 0.261 e. The van der Waals surface area contributed by atoms with Crippen molar-refractivity contribution in [1.29, 1.82) is 0 Å². The number of ketones is 2. The molecule has 1 aliphatic heterocycles. The highest BCUT2D eigenvalue weighted by atomic mass is 32.2. The molecular formula is C24H24N2O9S. The summed E-state index contributed by atoms with van der Waals surface area (Å²) in [7, 11) is -3.67. The number of amides is 1. The monoisotopic (exact) mass is 516 g/mol. The molecule has 5 rings (SSSR count). The molecule has 0 saturated carbocycles. The molecule has 2 aliphatic rings. The maximum absolute atomic E-state index is 13.5. The van der Waals surface area contributed by atoms with Crippen LogP contribution in [-0.4, -0.2) is 77.5 Å².